The minimum Gasteiger partial charge on any atom is -0.467 e. The standard InChI is InChI=1S/C9H11NO4/c1-6(11)10-8(9(12)13-2)7-4-3-5-14-7/h3-5,8H,1-2H3,(H,10,11). The predicted octanol–water partition coefficient (Wildman–Crippen LogP) is 0.630. The molecule has 0 aliphatic rings. The third-order valence-electron chi connectivity index (χ3n) is 1.61. The van der Waals surface area contributed by atoms with Gasteiger partial charge in [-0.3, -0.25) is 4.79 Å². The van der Waals surface area contributed by atoms with E-state index in [1.54, 1.807) is 12.1 Å². The summed E-state index contributed by atoms with van der Waals surface area (Å²) in [5.74, 6) is -0.529. The number of ether oxygens (including phenoxy) is 1. The Bertz CT molecular complexity index is 318. The molecule has 1 aromatic heterocycles. The lowest BCUT2D eigenvalue weighted by Crippen LogP contribution is -2.32. The van der Waals surface area contributed by atoms with Crippen molar-refractivity contribution in [3.63, 3.8) is 0 Å². The molecule has 1 unspecified atom stereocenters. The number of amides is 1. The molecule has 1 heterocycles. The Morgan fingerprint density at radius 1 is 1.57 bits per heavy atom. The van der Waals surface area contributed by atoms with Gasteiger partial charge in [0.05, 0.1) is 13.4 Å². The van der Waals surface area contributed by atoms with E-state index in [2.05, 4.69) is 10.1 Å². The van der Waals surface area contributed by atoms with Crippen LogP contribution in [-0.2, 0) is 14.3 Å². The van der Waals surface area contributed by atoms with Crippen LogP contribution in [0.25, 0.3) is 0 Å². The summed E-state index contributed by atoms with van der Waals surface area (Å²) in [6.45, 7) is 1.32. The number of esters is 1. The van der Waals surface area contributed by atoms with Crippen molar-refractivity contribution in [1.82, 2.24) is 5.32 Å². The molecule has 0 aliphatic carbocycles. The number of furan rings is 1. The summed E-state index contributed by atoms with van der Waals surface area (Å²) in [7, 11) is 1.25. The maximum Gasteiger partial charge on any atom is 0.336 e. The van der Waals surface area contributed by atoms with Gasteiger partial charge in [0.15, 0.2) is 6.04 Å². The second kappa shape index (κ2) is 4.45. The van der Waals surface area contributed by atoms with Gasteiger partial charge in [-0.25, -0.2) is 4.79 Å². The Labute approximate surface area is 81.0 Å². The quantitative estimate of drug-likeness (QED) is 0.721. The lowest BCUT2D eigenvalue weighted by atomic mass is 10.2. The first kappa shape index (κ1) is 10.3. The maximum absolute atomic E-state index is 11.2. The van der Waals surface area contributed by atoms with Gasteiger partial charge in [-0.1, -0.05) is 0 Å². The average molecular weight is 197 g/mol. The van der Waals surface area contributed by atoms with Crippen LogP contribution in [0.1, 0.15) is 18.7 Å². The zero-order valence-electron chi connectivity index (χ0n) is 7.94. The number of methoxy groups -OCH3 is 1. The molecular formula is C9H11NO4. The predicted molar refractivity (Wildman–Crippen MR) is 47.3 cm³/mol. The fourth-order valence-corrected chi connectivity index (χ4v) is 1.02. The molecule has 0 aliphatic heterocycles. The highest BCUT2D eigenvalue weighted by Gasteiger charge is 2.24. The van der Waals surface area contributed by atoms with E-state index in [0.29, 0.717) is 5.76 Å². The molecule has 5 heteroatoms. The van der Waals surface area contributed by atoms with Crippen LogP contribution in [0.3, 0.4) is 0 Å². The van der Waals surface area contributed by atoms with E-state index in [9.17, 15) is 9.59 Å². The molecule has 76 valence electrons. The van der Waals surface area contributed by atoms with Crippen molar-refractivity contribution in [2.45, 2.75) is 13.0 Å². The van der Waals surface area contributed by atoms with Crippen LogP contribution in [-0.4, -0.2) is 19.0 Å². The van der Waals surface area contributed by atoms with Crippen molar-refractivity contribution in [1.29, 1.82) is 0 Å². The second-order valence-corrected chi connectivity index (χ2v) is 2.67. The van der Waals surface area contributed by atoms with Gasteiger partial charge in [0, 0.05) is 6.92 Å². The fraction of sp³-hybridized carbons (Fsp3) is 0.333. The molecule has 1 atom stereocenters. The van der Waals surface area contributed by atoms with Crippen LogP contribution in [0.15, 0.2) is 22.8 Å². The molecule has 1 rings (SSSR count). The van der Waals surface area contributed by atoms with Gasteiger partial charge in [0.25, 0.3) is 0 Å². The largest absolute Gasteiger partial charge is 0.467 e. The van der Waals surface area contributed by atoms with Gasteiger partial charge in [0.2, 0.25) is 5.91 Å². The molecule has 14 heavy (non-hydrogen) atoms. The van der Waals surface area contributed by atoms with Crippen molar-refractivity contribution < 1.29 is 18.7 Å². The van der Waals surface area contributed by atoms with Crippen LogP contribution in [0.2, 0.25) is 0 Å². The van der Waals surface area contributed by atoms with Crippen LogP contribution >= 0.6 is 0 Å². The van der Waals surface area contributed by atoms with E-state index in [0.717, 1.165) is 0 Å². The van der Waals surface area contributed by atoms with Crippen molar-refractivity contribution in [2.24, 2.45) is 0 Å². The molecule has 1 amide bonds. The van der Waals surface area contributed by atoms with Crippen LogP contribution in [0.4, 0.5) is 0 Å². The molecule has 0 bridgehead atoms. The van der Waals surface area contributed by atoms with Crippen molar-refractivity contribution in [2.75, 3.05) is 7.11 Å². The first-order chi connectivity index (χ1) is 6.65. The maximum atomic E-state index is 11.2. The smallest absolute Gasteiger partial charge is 0.336 e. The fourth-order valence-electron chi connectivity index (χ4n) is 1.02. The minimum absolute atomic E-state index is 0.322. The van der Waals surface area contributed by atoms with Gasteiger partial charge in [-0.05, 0) is 12.1 Å². The normalized spacial score (nSPS) is 11.9. The molecule has 1 N–H and O–H groups in total. The van der Waals surface area contributed by atoms with E-state index in [4.69, 9.17) is 4.42 Å². The van der Waals surface area contributed by atoms with Gasteiger partial charge < -0.3 is 14.5 Å². The van der Waals surface area contributed by atoms with Crippen LogP contribution in [0.5, 0.6) is 0 Å². The molecular weight excluding hydrogens is 186 g/mol. The minimum atomic E-state index is -0.868. The zero-order chi connectivity index (χ0) is 10.6. The summed E-state index contributed by atoms with van der Waals surface area (Å²) in [4.78, 5) is 22.1. The van der Waals surface area contributed by atoms with E-state index in [1.807, 2.05) is 0 Å². The van der Waals surface area contributed by atoms with Crippen molar-refractivity contribution in [3.05, 3.63) is 24.2 Å². The Hall–Kier alpha value is -1.78. The number of hydrogen-bond acceptors (Lipinski definition) is 4. The molecule has 5 nitrogen and oxygen atoms in total. The first-order valence-electron chi connectivity index (χ1n) is 4.03. The highest BCUT2D eigenvalue weighted by Crippen LogP contribution is 2.14. The molecule has 0 fully saturated rings. The Morgan fingerprint density at radius 2 is 2.29 bits per heavy atom. The summed E-state index contributed by atoms with van der Waals surface area (Å²) in [6, 6.07) is 2.36. The summed E-state index contributed by atoms with van der Waals surface area (Å²) in [6.07, 6.45) is 1.42. The molecule has 0 radical (unpaired) electrons. The Balaban J connectivity index is 2.82. The molecule has 0 aromatic carbocycles. The van der Waals surface area contributed by atoms with Gasteiger partial charge in [-0.2, -0.15) is 0 Å². The summed E-state index contributed by atoms with van der Waals surface area (Å²) >= 11 is 0. The van der Waals surface area contributed by atoms with Crippen molar-refractivity contribution >= 4 is 11.9 Å². The highest BCUT2D eigenvalue weighted by atomic mass is 16.5. The summed E-state index contributed by atoms with van der Waals surface area (Å²) < 4.78 is 9.53. The number of hydrogen-bond donors (Lipinski definition) is 1. The molecule has 0 saturated carbocycles. The Morgan fingerprint density at radius 3 is 2.71 bits per heavy atom. The Kier molecular flexibility index (Phi) is 3.28. The molecule has 1 aromatic rings. The lowest BCUT2D eigenvalue weighted by Gasteiger charge is -2.12. The summed E-state index contributed by atoms with van der Waals surface area (Å²) in [5, 5.41) is 2.43. The average Bonchev–Trinajstić information content (AvgIpc) is 2.65. The van der Waals surface area contributed by atoms with Crippen LogP contribution in [0, 0.1) is 0 Å². The van der Waals surface area contributed by atoms with Gasteiger partial charge >= 0.3 is 5.97 Å². The monoisotopic (exact) mass is 197 g/mol. The van der Waals surface area contributed by atoms with Gasteiger partial charge in [0.1, 0.15) is 5.76 Å². The number of carbonyl (C=O) groups is 2. The topological polar surface area (TPSA) is 68.5 Å². The molecule has 0 spiro atoms. The number of carbonyl (C=O) groups excluding carboxylic acids is 2. The SMILES string of the molecule is COC(=O)C(NC(C)=O)c1ccco1. The third kappa shape index (κ3) is 2.35. The van der Waals surface area contributed by atoms with E-state index in [-0.39, 0.29) is 5.91 Å². The third-order valence-corrected chi connectivity index (χ3v) is 1.61. The highest BCUT2D eigenvalue weighted by molar-refractivity contribution is 5.83. The lowest BCUT2D eigenvalue weighted by molar-refractivity contribution is -0.145. The zero-order valence-corrected chi connectivity index (χ0v) is 7.94. The number of nitrogens with one attached hydrogen (secondary N) is 1. The second-order valence-electron chi connectivity index (χ2n) is 2.67. The van der Waals surface area contributed by atoms with Gasteiger partial charge in [-0.15, -0.1) is 0 Å². The number of rotatable bonds is 3. The van der Waals surface area contributed by atoms with Crippen LogP contribution < -0.4 is 5.32 Å². The van der Waals surface area contributed by atoms with E-state index < -0.39 is 12.0 Å². The summed E-state index contributed by atoms with van der Waals surface area (Å²) in [5.41, 5.74) is 0. The van der Waals surface area contributed by atoms with Crippen molar-refractivity contribution in [3.8, 4) is 0 Å². The molecule has 0 saturated heterocycles. The van der Waals surface area contributed by atoms with E-state index in [1.165, 1.54) is 20.3 Å². The van der Waals surface area contributed by atoms with E-state index >= 15 is 0 Å². The first-order valence-corrected chi connectivity index (χ1v) is 4.03.